The number of ether oxygens (including phenoxy) is 2. The maximum Gasteiger partial charge on any atom is 0.335 e. The molecular formula is C29H53N3O8Si2. The molecule has 2 fully saturated rings. The van der Waals surface area contributed by atoms with Crippen LogP contribution in [0.5, 0.6) is 0 Å². The molecule has 42 heavy (non-hydrogen) atoms. The van der Waals surface area contributed by atoms with E-state index < -0.39 is 52.9 Å². The summed E-state index contributed by atoms with van der Waals surface area (Å²) in [5.41, 5.74) is -0.439. The van der Waals surface area contributed by atoms with Crippen LogP contribution in [-0.4, -0.2) is 70.7 Å². The fraction of sp³-hybridized carbons (Fsp3) is 0.828. The van der Waals surface area contributed by atoms with Gasteiger partial charge in [0, 0.05) is 32.3 Å². The van der Waals surface area contributed by atoms with Gasteiger partial charge in [-0.2, -0.15) is 0 Å². The summed E-state index contributed by atoms with van der Waals surface area (Å²) in [6, 6.07) is 2.18. The molecule has 8 atom stereocenters. The molecule has 1 amide bonds. The molecule has 0 saturated carbocycles. The van der Waals surface area contributed by atoms with E-state index in [9.17, 15) is 14.4 Å². The molecule has 13 heteroatoms. The predicted molar refractivity (Wildman–Crippen MR) is 166 cm³/mol. The van der Waals surface area contributed by atoms with Crippen molar-refractivity contribution >= 4 is 23.0 Å². The van der Waals surface area contributed by atoms with Gasteiger partial charge in [-0.1, -0.05) is 74.1 Å². The largest absolute Gasteiger partial charge is 0.414 e. The van der Waals surface area contributed by atoms with Gasteiger partial charge in [0.15, 0.2) is 6.23 Å². The molecule has 11 nitrogen and oxygen atoms in total. The Balaban J connectivity index is 2.12. The number of carbonyl (C=O) groups is 1. The van der Waals surface area contributed by atoms with Crippen LogP contribution >= 0.6 is 0 Å². The van der Waals surface area contributed by atoms with Crippen LogP contribution in [0, 0.1) is 0 Å². The number of nitrogens with zero attached hydrogens (tertiary/aromatic N) is 1. The normalized spacial score (nSPS) is 31.9. The Bertz CT molecular complexity index is 1120. The Labute approximate surface area is 252 Å². The van der Waals surface area contributed by atoms with Crippen LogP contribution < -0.4 is 16.6 Å². The van der Waals surface area contributed by atoms with E-state index >= 15 is 0 Å². The lowest BCUT2D eigenvalue weighted by atomic mass is 10.1. The second-order valence-corrected chi connectivity index (χ2v) is 19.8. The fourth-order valence-corrected chi connectivity index (χ4v) is 17.5. The molecule has 1 aromatic heterocycles. The molecule has 4 unspecified atom stereocenters. The molecule has 2 aliphatic rings. The van der Waals surface area contributed by atoms with Gasteiger partial charge in [-0.15, -0.1) is 0 Å². The Hall–Kier alpha value is -1.62. The molecule has 0 bridgehead atoms. The van der Waals surface area contributed by atoms with Crippen LogP contribution in [0.3, 0.4) is 0 Å². The van der Waals surface area contributed by atoms with Gasteiger partial charge in [0.2, 0.25) is 5.91 Å². The molecule has 0 aliphatic carbocycles. The van der Waals surface area contributed by atoms with Crippen molar-refractivity contribution in [3.8, 4) is 0 Å². The predicted octanol–water partition coefficient (Wildman–Crippen LogP) is 4.47. The number of amides is 1. The monoisotopic (exact) mass is 627 g/mol. The van der Waals surface area contributed by atoms with Crippen molar-refractivity contribution < 1.29 is 27.2 Å². The molecule has 2 N–H and O–H groups in total. The van der Waals surface area contributed by atoms with Gasteiger partial charge >= 0.3 is 22.8 Å². The molecule has 0 aromatic carbocycles. The highest BCUT2D eigenvalue weighted by Gasteiger charge is 2.62. The van der Waals surface area contributed by atoms with Gasteiger partial charge in [-0.25, -0.2) is 4.79 Å². The number of H-pyrrole nitrogens is 1. The third kappa shape index (κ3) is 7.53. The fourth-order valence-electron chi connectivity index (χ4n) is 6.09. The summed E-state index contributed by atoms with van der Waals surface area (Å²) in [6.07, 6.45) is 3.18. The molecular weight excluding hydrogens is 575 g/mol. The zero-order valence-electron chi connectivity index (χ0n) is 26.8. The second kappa shape index (κ2) is 15.4. The topological polar surface area (TPSA) is 130 Å². The zero-order chi connectivity index (χ0) is 31.1. The number of hydrogen-bond acceptors (Lipinski definition) is 8. The van der Waals surface area contributed by atoms with E-state index in [1.54, 1.807) is 0 Å². The minimum atomic E-state index is -3.00. The quantitative estimate of drug-likeness (QED) is 0.228. The van der Waals surface area contributed by atoms with E-state index in [1.165, 1.54) is 23.8 Å². The van der Waals surface area contributed by atoms with Crippen molar-refractivity contribution in [2.24, 2.45) is 0 Å². The number of nitrogens with one attached hydrogen (secondary N) is 2. The van der Waals surface area contributed by atoms with Crippen molar-refractivity contribution in [2.45, 2.75) is 135 Å². The molecule has 3 heterocycles. The van der Waals surface area contributed by atoms with Crippen LogP contribution in [-0.2, 0) is 27.2 Å². The third-order valence-electron chi connectivity index (χ3n) is 9.12. The van der Waals surface area contributed by atoms with Crippen molar-refractivity contribution in [1.82, 2.24) is 14.9 Å². The highest BCUT2D eigenvalue weighted by Crippen LogP contribution is 2.49. The van der Waals surface area contributed by atoms with E-state index in [0.29, 0.717) is 19.6 Å². The highest BCUT2D eigenvalue weighted by molar-refractivity contribution is 6.83. The molecule has 1 aromatic rings. The Kier molecular flexibility index (Phi) is 12.8. The van der Waals surface area contributed by atoms with Gasteiger partial charge in [0.05, 0.1) is 6.61 Å². The smallest absolute Gasteiger partial charge is 0.335 e. The van der Waals surface area contributed by atoms with Gasteiger partial charge in [0.25, 0.3) is 5.56 Å². The van der Waals surface area contributed by atoms with E-state index in [-0.39, 0.29) is 29.1 Å². The summed E-state index contributed by atoms with van der Waals surface area (Å²) in [5, 5.41) is 2.79. The Morgan fingerprint density at radius 2 is 1.79 bits per heavy atom. The van der Waals surface area contributed by atoms with Crippen LogP contribution in [0.4, 0.5) is 0 Å². The first-order valence-electron chi connectivity index (χ1n) is 15.8. The summed E-state index contributed by atoms with van der Waals surface area (Å²) in [5.74, 6) is -0.103. The second-order valence-electron chi connectivity index (χ2n) is 12.0. The average Bonchev–Trinajstić information content (AvgIpc) is 3.28. The number of rotatable bonds is 14. The summed E-state index contributed by atoms with van der Waals surface area (Å²) < 4.78 is 36.3. The van der Waals surface area contributed by atoms with Gasteiger partial charge in [-0.05, 0) is 29.1 Å². The van der Waals surface area contributed by atoms with E-state index in [1.807, 2.05) is 0 Å². The van der Waals surface area contributed by atoms with Crippen LogP contribution in [0.2, 0.25) is 22.7 Å². The lowest BCUT2D eigenvalue weighted by Gasteiger charge is -2.51. The maximum absolute atomic E-state index is 13.0. The number of aromatic nitrogens is 2. The minimum absolute atomic E-state index is 0.103. The van der Waals surface area contributed by atoms with Gasteiger partial charge in [0.1, 0.15) is 18.3 Å². The SMILES string of the molecule is CCC[Si]1(C(C)CC)OC[C@@H]2O[C@H](n3ccc(=O)[nH]c3=O)[C@@H](OCCCNC(C)=O)[C@H]2O[Si](C(C)CC)(C(C)CC)O1. The lowest BCUT2D eigenvalue weighted by Crippen LogP contribution is -2.65. The summed E-state index contributed by atoms with van der Waals surface area (Å²) >= 11 is 0. The molecule has 0 radical (unpaired) electrons. The summed E-state index contributed by atoms with van der Waals surface area (Å²) in [4.78, 5) is 38.6. The Morgan fingerprint density at radius 3 is 2.36 bits per heavy atom. The minimum Gasteiger partial charge on any atom is -0.414 e. The molecule has 3 rings (SSSR count). The van der Waals surface area contributed by atoms with Gasteiger partial charge < -0.3 is 27.8 Å². The standard InChI is InChI=1S/C29H53N3O8Si2/c1-9-18-41(20(5)10-2)37-19-24-26(39-42(40-41,21(6)11-3)22(7)12-4)27(36-17-13-15-30-23(8)33)28(38-24)32-16-14-25(34)31-29(32)35/h14,16,20-22,24,26-28H,9-13,15,17-19H2,1-8H3,(H,30,33)(H,31,34,35)/t20?,21?,22?,24-,26-,27-,28-,41?,42?/m0/s1. The lowest BCUT2D eigenvalue weighted by molar-refractivity contribution is -0.119. The first-order valence-corrected chi connectivity index (χ1v) is 19.9. The molecule has 240 valence electrons. The number of carbonyl (C=O) groups excluding carboxylic acids is 1. The van der Waals surface area contributed by atoms with Crippen molar-refractivity contribution in [3.63, 3.8) is 0 Å². The molecule has 2 aliphatic heterocycles. The third-order valence-corrected chi connectivity index (χ3v) is 19.7. The van der Waals surface area contributed by atoms with E-state index in [2.05, 4.69) is 58.8 Å². The maximum atomic E-state index is 13.0. The number of aromatic amines is 1. The van der Waals surface area contributed by atoms with Crippen molar-refractivity contribution in [2.75, 3.05) is 19.8 Å². The van der Waals surface area contributed by atoms with Gasteiger partial charge in [-0.3, -0.25) is 19.1 Å². The number of hydrogen-bond donors (Lipinski definition) is 2. The highest BCUT2D eigenvalue weighted by atomic mass is 28.5. The first kappa shape index (κ1) is 34.9. The number of fused-ring (bicyclic) bond motifs is 1. The van der Waals surface area contributed by atoms with Crippen LogP contribution in [0.25, 0.3) is 0 Å². The summed E-state index contributed by atoms with van der Waals surface area (Å²) in [7, 11) is -5.75. The summed E-state index contributed by atoms with van der Waals surface area (Å²) in [6.45, 7) is 18.0. The average molecular weight is 628 g/mol. The van der Waals surface area contributed by atoms with Crippen LogP contribution in [0.15, 0.2) is 21.9 Å². The van der Waals surface area contributed by atoms with E-state index in [0.717, 1.165) is 31.7 Å². The molecule has 2 saturated heterocycles. The zero-order valence-corrected chi connectivity index (χ0v) is 28.8. The van der Waals surface area contributed by atoms with Crippen LogP contribution in [0.1, 0.15) is 93.7 Å². The molecule has 0 spiro atoms. The Morgan fingerprint density at radius 1 is 1.12 bits per heavy atom. The first-order chi connectivity index (χ1) is 20.0. The van der Waals surface area contributed by atoms with Crippen molar-refractivity contribution in [3.05, 3.63) is 33.1 Å². The van der Waals surface area contributed by atoms with E-state index in [4.69, 9.17) is 22.4 Å². The van der Waals surface area contributed by atoms with Crippen molar-refractivity contribution in [1.29, 1.82) is 0 Å².